The second-order valence-electron chi connectivity index (χ2n) is 4.64. The van der Waals surface area contributed by atoms with E-state index in [9.17, 15) is 13.2 Å². The number of aliphatic imine (C=N–C) groups is 1. The molecule has 6 nitrogen and oxygen atoms in total. The Bertz CT molecular complexity index is 489. The molecule has 0 saturated carbocycles. The van der Waals surface area contributed by atoms with Gasteiger partial charge in [0.25, 0.3) is 0 Å². The molecule has 0 saturated heterocycles. The van der Waals surface area contributed by atoms with E-state index in [0.717, 1.165) is 18.7 Å². The highest BCUT2D eigenvalue weighted by atomic mass is 19.4. The molecule has 124 valence electrons. The van der Waals surface area contributed by atoms with E-state index in [1.807, 2.05) is 6.92 Å². The molecule has 0 aliphatic heterocycles. The second-order valence-corrected chi connectivity index (χ2v) is 4.64. The zero-order valence-electron chi connectivity index (χ0n) is 12.8. The molecule has 1 heterocycles. The van der Waals surface area contributed by atoms with E-state index in [1.165, 1.54) is 0 Å². The van der Waals surface area contributed by atoms with Crippen molar-refractivity contribution in [1.29, 1.82) is 0 Å². The Labute approximate surface area is 127 Å². The molecular weight excluding hydrogens is 297 g/mol. The number of aromatic nitrogens is 2. The Balaban J connectivity index is 2.41. The molecule has 0 aromatic carbocycles. The van der Waals surface area contributed by atoms with Crippen molar-refractivity contribution in [3.05, 3.63) is 18.0 Å². The fraction of sp³-hybridized carbons (Fsp3) is 0.615. The van der Waals surface area contributed by atoms with Crippen molar-refractivity contribution in [1.82, 2.24) is 20.6 Å². The van der Waals surface area contributed by atoms with Gasteiger partial charge in [0.2, 0.25) is 5.95 Å². The van der Waals surface area contributed by atoms with Crippen LogP contribution in [-0.2, 0) is 6.18 Å². The Kier molecular flexibility index (Phi) is 6.87. The highest BCUT2D eigenvalue weighted by Gasteiger charge is 2.32. The van der Waals surface area contributed by atoms with Crippen LogP contribution in [0.1, 0.15) is 26.0 Å². The first kappa shape index (κ1) is 18.0. The van der Waals surface area contributed by atoms with E-state index in [4.69, 9.17) is 0 Å². The molecule has 0 radical (unpaired) electrons. The van der Waals surface area contributed by atoms with E-state index in [2.05, 4.69) is 37.8 Å². The van der Waals surface area contributed by atoms with Crippen molar-refractivity contribution in [2.45, 2.75) is 32.5 Å². The van der Waals surface area contributed by atoms with E-state index in [0.29, 0.717) is 19.0 Å². The maximum absolute atomic E-state index is 12.5. The van der Waals surface area contributed by atoms with Gasteiger partial charge in [-0.2, -0.15) is 13.2 Å². The standard InChI is InChI=1S/C13H21F3N6/c1-4-9(2)21-11(17-3)19-7-8-20-12-18-6-5-10(22-12)13(14,15)16/h5-6,9H,4,7-8H2,1-3H3,(H2,17,19,21)(H,18,20,22). The van der Waals surface area contributed by atoms with Crippen LogP contribution in [0.15, 0.2) is 17.3 Å². The summed E-state index contributed by atoms with van der Waals surface area (Å²) in [6.45, 7) is 4.91. The summed E-state index contributed by atoms with van der Waals surface area (Å²) >= 11 is 0. The van der Waals surface area contributed by atoms with Gasteiger partial charge in [-0.3, -0.25) is 4.99 Å². The van der Waals surface area contributed by atoms with Crippen molar-refractivity contribution in [2.75, 3.05) is 25.5 Å². The summed E-state index contributed by atoms with van der Waals surface area (Å²) in [4.78, 5) is 11.2. The topological polar surface area (TPSA) is 74.2 Å². The summed E-state index contributed by atoms with van der Waals surface area (Å²) in [5, 5.41) is 8.96. The number of nitrogens with one attached hydrogen (secondary N) is 3. The van der Waals surface area contributed by atoms with Crippen LogP contribution in [0.4, 0.5) is 19.1 Å². The highest BCUT2D eigenvalue weighted by molar-refractivity contribution is 5.79. The summed E-state index contributed by atoms with van der Waals surface area (Å²) in [6.07, 6.45) is -2.44. The van der Waals surface area contributed by atoms with Gasteiger partial charge < -0.3 is 16.0 Å². The molecule has 1 atom stereocenters. The van der Waals surface area contributed by atoms with Gasteiger partial charge in [0, 0.05) is 32.4 Å². The zero-order valence-corrected chi connectivity index (χ0v) is 12.8. The minimum absolute atomic E-state index is 0.0542. The first-order valence-corrected chi connectivity index (χ1v) is 6.98. The van der Waals surface area contributed by atoms with Crippen molar-refractivity contribution in [3.63, 3.8) is 0 Å². The van der Waals surface area contributed by atoms with Crippen molar-refractivity contribution >= 4 is 11.9 Å². The van der Waals surface area contributed by atoms with E-state index in [1.54, 1.807) is 7.05 Å². The van der Waals surface area contributed by atoms with Crippen LogP contribution in [0.2, 0.25) is 0 Å². The number of rotatable bonds is 6. The molecule has 1 aromatic heterocycles. The highest BCUT2D eigenvalue weighted by Crippen LogP contribution is 2.27. The molecule has 0 bridgehead atoms. The summed E-state index contributed by atoms with van der Waals surface area (Å²) in [6, 6.07) is 1.12. The van der Waals surface area contributed by atoms with Gasteiger partial charge in [-0.1, -0.05) is 6.92 Å². The molecule has 0 fully saturated rings. The molecule has 22 heavy (non-hydrogen) atoms. The minimum Gasteiger partial charge on any atom is -0.355 e. The molecule has 1 rings (SSSR count). The van der Waals surface area contributed by atoms with Gasteiger partial charge in [-0.25, -0.2) is 9.97 Å². The van der Waals surface area contributed by atoms with Gasteiger partial charge in [-0.05, 0) is 19.4 Å². The van der Waals surface area contributed by atoms with Gasteiger partial charge in [0.1, 0.15) is 5.69 Å². The predicted molar refractivity (Wildman–Crippen MR) is 79.8 cm³/mol. The lowest BCUT2D eigenvalue weighted by Crippen LogP contribution is -2.43. The van der Waals surface area contributed by atoms with Crippen LogP contribution in [-0.4, -0.2) is 42.1 Å². The zero-order chi connectivity index (χ0) is 16.6. The van der Waals surface area contributed by atoms with Crippen LogP contribution in [0, 0.1) is 0 Å². The summed E-state index contributed by atoms with van der Waals surface area (Å²) in [7, 11) is 1.65. The van der Waals surface area contributed by atoms with Crippen molar-refractivity contribution < 1.29 is 13.2 Å². The lowest BCUT2D eigenvalue weighted by molar-refractivity contribution is -0.141. The Morgan fingerprint density at radius 2 is 2.09 bits per heavy atom. The average Bonchev–Trinajstić information content (AvgIpc) is 2.49. The van der Waals surface area contributed by atoms with Crippen LogP contribution in [0.25, 0.3) is 0 Å². The Morgan fingerprint density at radius 1 is 1.36 bits per heavy atom. The third-order valence-electron chi connectivity index (χ3n) is 2.87. The van der Waals surface area contributed by atoms with Crippen molar-refractivity contribution in [3.8, 4) is 0 Å². The molecule has 1 aromatic rings. The lowest BCUT2D eigenvalue weighted by Gasteiger charge is -2.16. The van der Waals surface area contributed by atoms with Crippen LogP contribution >= 0.6 is 0 Å². The van der Waals surface area contributed by atoms with Crippen LogP contribution < -0.4 is 16.0 Å². The predicted octanol–water partition coefficient (Wildman–Crippen LogP) is 1.87. The van der Waals surface area contributed by atoms with Crippen LogP contribution in [0.5, 0.6) is 0 Å². The molecule has 9 heteroatoms. The molecule has 3 N–H and O–H groups in total. The van der Waals surface area contributed by atoms with E-state index < -0.39 is 11.9 Å². The summed E-state index contributed by atoms with van der Waals surface area (Å²) < 4.78 is 37.5. The SMILES string of the molecule is CCC(C)NC(=NC)NCCNc1nccc(C(F)(F)F)n1. The largest absolute Gasteiger partial charge is 0.433 e. The van der Waals surface area contributed by atoms with Gasteiger partial charge in [0.05, 0.1) is 0 Å². The van der Waals surface area contributed by atoms with Gasteiger partial charge in [0.15, 0.2) is 5.96 Å². The third kappa shape index (κ3) is 6.15. The van der Waals surface area contributed by atoms with Crippen LogP contribution in [0.3, 0.4) is 0 Å². The number of guanidine groups is 1. The second kappa shape index (κ2) is 8.40. The Hall–Kier alpha value is -2.06. The monoisotopic (exact) mass is 318 g/mol. The first-order chi connectivity index (χ1) is 10.4. The molecule has 0 amide bonds. The fourth-order valence-electron chi connectivity index (χ4n) is 1.49. The summed E-state index contributed by atoms with van der Waals surface area (Å²) in [5.41, 5.74) is -0.966. The summed E-state index contributed by atoms with van der Waals surface area (Å²) in [5.74, 6) is 0.586. The van der Waals surface area contributed by atoms with E-state index in [-0.39, 0.29) is 12.0 Å². The maximum Gasteiger partial charge on any atom is 0.433 e. The number of anilines is 1. The third-order valence-corrected chi connectivity index (χ3v) is 2.87. The number of nitrogens with zero attached hydrogens (tertiary/aromatic N) is 3. The molecule has 0 aliphatic carbocycles. The quantitative estimate of drug-likeness (QED) is 0.424. The number of hydrogen-bond donors (Lipinski definition) is 3. The van der Waals surface area contributed by atoms with E-state index >= 15 is 0 Å². The fourth-order valence-corrected chi connectivity index (χ4v) is 1.49. The van der Waals surface area contributed by atoms with Gasteiger partial charge >= 0.3 is 6.18 Å². The first-order valence-electron chi connectivity index (χ1n) is 6.98. The Morgan fingerprint density at radius 3 is 2.68 bits per heavy atom. The molecule has 0 aliphatic rings. The number of alkyl halides is 3. The molecule has 0 spiro atoms. The van der Waals surface area contributed by atoms with Gasteiger partial charge in [-0.15, -0.1) is 0 Å². The number of halogens is 3. The lowest BCUT2D eigenvalue weighted by atomic mass is 10.3. The normalized spacial score (nSPS) is 13.6. The minimum atomic E-state index is -4.47. The molecular formula is C13H21F3N6. The smallest absolute Gasteiger partial charge is 0.355 e. The number of hydrogen-bond acceptors (Lipinski definition) is 4. The van der Waals surface area contributed by atoms with Crippen molar-refractivity contribution in [2.24, 2.45) is 4.99 Å². The maximum atomic E-state index is 12.5. The average molecular weight is 318 g/mol. The molecule has 1 unspecified atom stereocenters.